The van der Waals surface area contributed by atoms with Gasteiger partial charge in [-0.2, -0.15) is 0 Å². The number of rotatable bonds is 10. The zero-order valence-electron chi connectivity index (χ0n) is 28.5. The van der Waals surface area contributed by atoms with Crippen LogP contribution in [-0.2, 0) is 6.54 Å². The Morgan fingerprint density at radius 1 is 0.723 bits per heavy atom. The molecule has 0 bridgehead atoms. The zero-order valence-corrected chi connectivity index (χ0v) is 28.5. The van der Waals surface area contributed by atoms with Crippen molar-refractivity contribution in [2.75, 3.05) is 33.9 Å². The Morgan fingerprint density at radius 3 is 2.04 bits per heavy atom. The van der Waals surface area contributed by atoms with Gasteiger partial charge >= 0.3 is 0 Å². The van der Waals surface area contributed by atoms with Gasteiger partial charge in [0.25, 0.3) is 0 Å². The molecule has 5 aromatic rings. The minimum absolute atomic E-state index is 0.265. The first-order valence-corrected chi connectivity index (χ1v) is 17.6. The van der Waals surface area contributed by atoms with E-state index in [1.165, 1.54) is 93.4 Å². The summed E-state index contributed by atoms with van der Waals surface area (Å²) in [6, 6.07) is 38.3. The van der Waals surface area contributed by atoms with Gasteiger partial charge in [-0.25, -0.2) is 0 Å². The first kappa shape index (κ1) is 31.3. The van der Waals surface area contributed by atoms with Crippen molar-refractivity contribution in [2.45, 2.75) is 52.0 Å². The second kappa shape index (κ2) is 13.4. The molecule has 240 valence electrons. The van der Waals surface area contributed by atoms with Crippen LogP contribution < -0.4 is 19.9 Å². The van der Waals surface area contributed by atoms with Crippen LogP contribution in [0.5, 0.6) is 11.5 Å². The quantitative estimate of drug-likeness (QED) is 0.145. The number of unbranched alkanes of at least 4 members (excludes halogenated alkanes) is 2. The monoisotopic (exact) mass is 622 g/mol. The molecule has 0 saturated heterocycles. The summed E-state index contributed by atoms with van der Waals surface area (Å²) in [5.74, 6) is 2.40. The van der Waals surface area contributed by atoms with Crippen molar-refractivity contribution >= 4 is 22.4 Å². The minimum atomic E-state index is 0.265. The lowest BCUT2D eigenvalue weighted by molar-refractivity contribution is -0.943. The Hall–Kier alpha value is -4.34. The Bertz CT molecular complexity index is 1980. The highest BCUT2D eigenvalue weighted by Crippen LogP contribution is 2.48. The number of nitrogens with zero attached hydrogens (tertiary/aromatic N) is 1. The summed E-state index contributed by atoms with van der Waals surface area (Å²) in [7, 11) is 3.50. The van der Waals surface area contributed by atoms with Gasteiger partial charge in [0.05, 0.1) is 33.9 Å². The molecular weight excluding hydrogens is 574 g/mol. The Balaban J connectivity index is 1.59. The maximum Gasteiger partial charge on any atom is 0.118 e. The van der Waals surface area contributed by atoms with Crippen molar-refractivity contribution in [3.63, 3.8) is 0 Å². The molecule has 0 amide bonds. The predicted molar refractivity (Wildman–Crippen MR) is 196 cm³/mol. The highest BCUT2D eigenvalue weighted by atomic mass is 16.5. The van der Waals surface area contributed by atoms with Gasteiger partial charge in [-0.05, 0) is 92.2 Å². The number of hydrogen-bond acceptors (Lipinski definition) is 2. The lowest BCUT2D eigenvalue weighted by atomic mass is 9.72. The van der Waals surface area contributed by atoms with Crippen LogP contribution in [0.3, 0.4) is 0 Å². The molecule has 1 aliphatic carbocycles. The molecule has 3 heteroatoms. The maximum absolute atomic E-state index is 5.60. The molecule has 47 heavy (non-hydrogen) atoms. The van der Waals surface area contributed by atoms with Crippen LogP contribution in [0, 0.1) is 5.92 Å². The Morgan fingerprint density at radius 2 is 1.36 bits per heavy atom. The number of ether oxygens (including phenoxy) is 2. The van der Waals surface area contributed by atoms with E-state index >= 15 is 0 Å². The third kappa shape index (κ3) is 5.87. The lowest BCUT2D eigenvalue weighted by Gasteiger charge is -2.42. The first-order valence-electron chi connectivity index (χ1n) is 17.6. The second-order valence-electron chi connectivity index (χ2n) is 13.6. The fourth-order valence-corrected chi connectivity index (χ4v) is 8.40. The normalized spacial score (nSPS) is 18.0. The molecule has 5 aromatic carbocycles. The van der Waals surface area contributed by atoms with Gasteiger partial charge < -0.3 is 14.0 Å². The first-order chi connectivity index (χ1) is 23.1. The lowest BCUT2D eigenvalue weighted by Crippen LogP contribution is -2.52. The summed E-state index contributed by atoms with van der Waals surface area (Å²) in [4.78, 5) is 0. The molecule has 1 heterocycles. The van der Waals surface area contributed by atoms with Gasteiger partial charge in [0.15, 0.2) is 0 Å². The van der Waals surface area contributed by atoms with Gasteiger partial charge in [-0.1, -0.05) is 106 Å². The molecule has 2 atom stereocenters. The van der Waals surface area contributed by atoms with E-state index in [2.05, 4.69) is 123 Å². The number of fused-ring (bicyclic) bond motifs is 6. The van der Waals surface area contributed by atoms with E-state index in [1.54, 1.807) is 14.2 Å². The summed E-state index contributed by atoms with van der Waals surface area (Å²) < 4.78 is 12.3. The van der Waals surface area contributed by atoms with Crippen LogP contribution in [0.1, 0.15) is 62.1 Å². The minimum Gasteiger partial charge on any atom is -0.497 e. The zero-order chi connectivity index (χ0) is 32.4. The molecule has 0 saturated carbocycles. The highest BCUT2D eigenvalue weighted by Gasteiger charge is 2.43. The summed E-state index contributed by atoms with van der Waals surface area (Å²) in [5, 5.41) is 5.41. The van der Waals surface area contributed by atoms with Crippen molar-refractivity contribution in [1.82, 2.24) is 0 Å². The van der Waals surface area contributed by atoms with Gasteiger partial charge in [0, 0.05) is 17.4 Å². The molecule has 2 aliphatic rings. The van der Waals surface area contributed by atoms with E-state index in [9.17, 15) is 0 Å². The smallest absolute Gasteiger partial charge is 0.118 e. The van der Waals surface area contributed by atoms with Crippen molar-refractivity contribution in [3.8, 4) is 22.6 Å². The van der Waals surface area contributed by atoms with E-state index in [0.717, 1.165) is 29.1 Å². The van der Waals surface area contributed by atoms with Crippen molar-refractivity contribution in [3.05, 3.63) is 130 Å². The van der Waals surface area contributed by atoms with Crippen LogP contribution >= 0.6 is 0 Å². The van der Waals surface area contributed by atoms with E-state index in [4.69, 9.17) is 9.47 Å². The van der Waals surface area contributed by atoms with Crippen LogP contribution in [0.2, 0.25) is 0 Å². The predicted octanol–water partition coefficient (Wildman–Crippen LogP) is 8.85. The average molecular weight is 623 g/mol. The summed E-state index contributed by atoms with van der Waals surface area (Å²) >= 11 is 0. The van der Waals surface area contributed by atoms with E-state index in [0.29, 0.717) is 5.92 Å². The Labute approximate surface area is 280 Å². The van der Waals surface area contributed by atoms with Gasteiger partial charge in [0.2, 0.25) is 0 Å². The summed E-state index contributed by atoms with van der Waals surface area (Å²) in [6.07, 6.45) is 7.46. The maximum atomic E-state index is 5.60. The van der Waals surface area contributed by atoms with Gasteiger partial charge in [-0.15, -0.1) is 0 Å². The fourth-order valence-electron chi connectivity index (χ4n) is 8.40. The topological polar surface area (TPSA) is 18.5 Å². The molecule has 0 spiro atoms. The van der Waals surface area contributed by atoms with Crippen LogP contribution in [0.15, 0.2) is 103 Å². The second-order valence-corrected chi connectivity index (χ2v) is 13.6. The average Bonchev–Trinajstić information content (AvgIpc) is 3.28. The third-order valence-electron chi connectivity index (χ3n) is 10.8. The molecule has 7 rings (SSSR count). The molecule has 2 unspecified atom stereocenters. The van der Waals surface area contributed by atoms with Crippen molar-refractivity contribution in [2.24, 2.45) is 5.92 Å². The standard InChI is InChI=1S/C44H48NO2/c1-5-7-25-45(26-8-6-2)29-41-39(31-17-21-35(46-3)22-18-31)27-33-13-9-11-15-37(33)43(41)44-38-16-12-10-14-34(38)28-40(42(44)30-45)32-19-23-36(47-4)24-20-32/h9-24,27-28,39,41H,5-8,25-26,29-30H2,1-4H3/q+1. The molecule has 3 nitrogen and oxygen atoms in total. The third-order valence-corrected chi connectivity index (χ3v) is 10.8. The van der Waals surface area contributed by atoms with Crippen molar-refractivity contribution in [1.29, 1.82) is 0 Å². The summed E-state index contributed by atoms with van der Waals surface area (Å²) in [5.41, 5.74) is 8.48. The number of hydrogen-bond donors (Lipinski definition) is 0. The number of quaternary nitrogens is 1. The molecule has 0 N–H and O–H groups in total. The molecule has 0 fully saturated rings. The van der Waals surface area contributed by atoms with Crippen LogP contribution in [0.25, 0.3) is 33.5 Å². The SMILES string of the molecule is CCCC[N+]1(CCCC)Cc2c(-c3ccc(OC)cc3)cc3ccccc3c2C2=c3ccccc3=CC(c3ccc(OC)cc3)C2C1. The summed E-state index contributed by atoms with van der Waals surface area (Å²) in [6.45, 7) is 9.26. The molecule has 0 radical (unpaired) electrons. The van der Waals surface area contributed by atoms with E-state index in [-0.39, 0.29) is 5.92 Å². The molecule has 1 aliphatic heterocycles. The van der Waals surface area contributed by atoms with Crippen molar-refractivity contribution < 1.29 is 14.0 Å². The van der Waals surface area contributed by atoms with Crippen LogP contribution in [0.4, 0.5) is 0 Å². The fraction of sp³-hybridized carbons (Fsp3) is 0.318. The van der Waals surface area contributed by atoms with Gasteiger partial charge in [-0.3, -0.25) is 0 Å². The van der Waals surface area contributed by atoms with Crippen LogP contribution in [-0.4, -0.2) is 38.3 Å². The molecule has 0 aromatic heterocycles. The largest absolute Gasteiger partial charge is 0.497 e. The highest BCUT2D eigenvalue weighted by molar-refractivity contribution is 6.00. The van der Waals surface area contributed by atoms with E-state index in [1.807, 2.05) is 0 Å². The molecular formula is C44H48NO2+. The number of benzene rings is 5. The van der Waals surface area contributed by atoms with E-state index < -0.39 is 0 Å². The Kier molecular flexibility index (Phi) is 8.92. The van der Waals surface area contributed by atoms with Gasteiger partial charge in [0.1, 0.15) is 18.0 Å². The number of methoxy groups -OCH3 is 2.